The van der Waals surface area contributed by atoms with Crippen LogP contribution in [0.25, 0.3) is 0 Å². The zero-order valence-electron chi connectivity index (χ0n) is 10.5. The SMILES string of the molecule is COC(=O)Cc1cc(CCl)nc(C(F)F)c1OC(F)(F)F. The van der Waals surface area contributed by atoms with Crippen LogP contribution in [-0.2, 0) is 21.8 Å². The summed E-state index contributed by atoms with van der Waals surface area (Å²) in [6.45, 7) is 0. The van der Waals surface area contributed by atoms with Gasteiger partial charge in [0, 0.05) is 5.56 Å². The fourth-order valence-corrected chi connectivity index (χ4v) is 1.61. The Balaban J connectivity index is 3.40. The van der Waals surface area contributed by atoms with Crippen molar-refractivity contribution in [3.63, 3.8) is 0 Å². The van der Waals surface area contributed by atoms with Gasteiger partial charge < -0.3 is 9.47 Å². The predicted molar refractivity (Wildman–Crippen MR) is 61.2 cm³/mol. The average Bonchev–Trinajstić information content (AvgIpc) is 2.38. The summed E-state index contributed by atoms with van der Waals surface area (Å²) in [4.78, 5) is 14.5. The van der Waals surface area contributed by atoms with E-state index < -0.39 is 42.2 Å². The maximum Gasteiger partial charge on any atom is 0.573 e. The first-order chi connectivity index (χ1) is 9.67. The number of ether oxygens (including phenoxy) is 2. The Morgan fingerprint density at radius 1 is 1.43 bits per heavy atom. The lowest BCUT2D eigenvalue weighted by Gasteiger charge is -2.17. The molecule has 1 aromatic rings. The van der Waals surface area contributed by atoms with Crippen molar-refractivity contribution in [3.8, 4) is 5.75 Å². The first-order valence-electron chi connectivity index (χ1n) is 5.37. The number of nitrogens with zero attached hydrogens (tertiary/aromatic N) is 1. The second kappa shape index (κ2) is 6.88. The van der Waals surface area contributed by atoms with E-state index in [9.17, 15) is 26.7 Å². The van der Waals surface area contributed by atoms with Crippen LogP contribution in [0.2, 0.25) is 0 Å². The first-order valence-corrected chi connectivity index (χ1v) is 5.90. The standard InChI is InChI=1S/C11H9ClF5NO3/c1-20-7(19)3-5-2-6(4-12)18-8(10(13)14)9(5)21-11(15,16)17/h2,10H,3-4H2,1H3. The van der Waals surface area contributed by atoms with E-state index >= 15 is 0 Å². The molecule has 10 heteroatoms. The molecule has 0 atom stereocenters. The van der Waals surface area contributed by atoms with Crippen LogP contribution in [0.5, 0.6) is 5.75 Å². The molecule has 0 N–H and O–H groups in total. The molecule has 0 aliphatic carbocycles. The zero-order valence-corrected chi connectivity index (χ0v) is 11.3. The summed E-state index contributed by atoms with van der Waals surface area (Å²) in [5, 5.41) is 0. The number of hydrogen-bond donors (Lipinski definition) is 0. The molecule has 1 aromatic heterocycles. The van der Waals surface area contributed by atoms with Crippen molar-refractivity contribution in [2.24, 2.45) is 0 Å². The highest BCUT2D eigenvalue weighted by molar-refractivity contribution is 6.16. The van der Waals surface area contributed by atoms with E-state index in [0.29, 0.717) is 0 Å². The number of hydrogen-bond acceptors (Lipinski definition) is 4. The summed E-state index contributed by atoms with van der Waals surface area (Å²) < 4.78 is 70.6. The van der Waals surface area contributed by atoms with Crippen LogP contribution in [0.1, 0.15) is 23.4 Å². The monoisotopic (exact) mass is 333 g/mol. The van der Waals surface area contributed by atoms with Gasteiger partial charge in [-0.15, -0.1) is 24.8 Å². The minimum Gasteiger partial charge on any atom is -0.469 e. The number of carbonyl (C=O) groups excluding carboxylic acids is 1. The second-order valence-electron chi connectivity index (χ2n) is 3.72. The van der Waals surface area contributed by atoms with Gasteiger partial charge in [0.25, 0.3) is 6.43 Å². The van der Waals surface area contributed by atoms with E-state index in [1.54, 1.807) is 0 Å². The van der Waals surface area contributed by atoms with Gasteiger partial charge in [0.05, 0.1) is 25.1 Å². The number of pyridine rings is 1. The molecule has 21 heavy (non-hydrogen) atoms. The van der Waals surface area contributed by atoms with Gasteiger partial charge in [-0.05, 0) is 6.07 Å². The van der Waals surface area contributed by atoms with E-state index in [-0.39, 0.29) is 11.6 Å². The highest BCUT2D eigenvalue weighted by atomic mass is 35.5. The molecule has 0 saturated heterocycles. The van der Waals surface area contributed by atoms with Crippen LogP contribution in [-0.4, -0.2) is 24.4 Å². The van der Waals surface area contributed by atoms with Gasteiger partial charge >= 0.3 is 12.3 Å². The Bertz CT molecular complexity index is 521. The third kappa shape index (κ3) is 5.00. The minimum atomic E-state index is -5.21. The summed E-state index contributed by atoms with van der Waals surface area (Å²) in [7, 11) is 1.00. The van der Waals surface area contributed by atoms with Gasteiger partial charge in [-0.3, -0.25) is 4.79 Å². The number of halogens is 6. The van der Waals surface area contributed by atoms with E-state index in [1.165, 1.54) is 0 Å². The summed E-state index contributed by atoms with van der Waals surface area (Å²) in [5.41, 5.74) is -1.77. The van der Waals surface area contributed by atoms with Crippen molar-refractivity contribution >= 4 is 17.6 Å². The van der Waals surface area contributed by atoms with Crippen molar-refractivity contribution in [1.82, 2.24) is 4.98 Å². The molecule has 0 spiro atoms. The topological polar surface area (TPSA) is 48.4 Å². The van der Waals surface area contributed by atoms with Gasteiger partial charge in [0.15, 0.2) is 5.75 Å². The lowest BCUT2D eigenvalue weighted by atomic mass is 10.1. The lowest BCUT2D eigenvalue weighted by Crippen LogP contribution is -2.21. The largest absolute Gasteiger partial charge is 0.573 e. The van der Waals surface area contributed by atoms with Crippen LogP contribution < -0.4 is 4.74 Å². The molecule has 1 rings (SSSR count). The highest BCUT2D eigenvalue weighted by Crippen LogP contribution is 2.35. The fraction of sp³-hybridized carbons (Fsp3) is 0.455. The van der Waals surface area contributed by atoms with Crippen molar-refractivity contribution in [2.75, 3.05) is 7.11 Å². The van der Waals surface area contributed by atoms with Crippen molar-refractivity contribution in [2.45, 2.75) is 25.1 Å². The lowest BCUT2D eigenvalue weighted by molar-refractivity contribution is -0.275. The summed E-state index contributed by atoms with van der Waals surface area (Å²) in [6, 6.07) is 0.983. The molecule has 0 amide bonds. The van der Waals surface area contributed by atoms with Crippen LogP contribution in [0, 0.1) is 0 Å². The number of esters is 1. The molecule has 1 heterocycles. The van der Waals surface area contributed by atoms with Gasteiger partial charge in [-0.1, -0.05) is 0 Å². The fourth-order valence-electron chi connectivity index (χ4n) is 1.48. The third-order valence-corrected chi connectivity index (χ3v) is 2.53. The predicted octanol–water partition coefficient (Wildman–Crippen LogP) is 3.37. The number of aromatic nitrogens is 1. The molecule has 0 unspecified atom stereocenters. The quantitative estimate of drug-likeness (QED) is 0.471. The van der Waals surface area contributed by atoms with E-state index in [0.717, 1.165) is 13.2 Å². The smallest absolute Gasteiger partial charge is 0.469 e. The normalized spacial score (nSPS) is 11.6. The summed E-state index contributed by atoms with van der Waals surface area (Å²) in [5.74, 6) is -2.45. The van der Waals surface area contributed by atoms with Gasteiger partial charge in [0.2, 0.25) is 0 Å². The third-order valence-electron chi connectivity index (χ3n) is 2.25. The van der Waals surface area contributed by atoms with Crippen LogP contribution in [0.4, 0.5) is 22.0 Å². The molecular weight excluding hydrogens is 325 g/mol. The van der Waals surface area contributed by atoms with E-state index in [1.807, 2.05) is 0 Å². The van der Waals surface area contributed by atoms with Crippen molar-refractivity contribution in [1.29, 1.82) is 0 Å². The number of rotatable bonds is 5. The number of alkyl halides is 6. The molecule has 0 aliphatic rings. The van der Waals surface area contributed by atoms with Gasteiger partial charge in [-0.2, -0.15) is 0 Å². The zero-order chi connectivity index (χ0) is 16.2. The Morgan fingerprint density at radius 3 is 2.48 bits per heavy atom. The van der Waals surface area contributed by atoms with E-state index in [2.05, 4.69) is 14.5 Å². The van der Waals surface area contributed by atoms with Crippen molar-refractivity contribution < 1.29 is 36.2 Å². The second-order valence-corrected chi connectivity index (χ2v) is 3.99. The molecule has 0 aromatic carbocycles. The molecule has 0 bridgehead atoms. The Kier molecular flexibility index (Phi) is 5.70. The Hall–Kier alpha value is -1.64. The maximum atomic E-state index is 12.8. The number of methoxy groups -OCH3 is 1. The van der Waals surface area contributed by atoms with Gasteiger partial charge in [-0.25, -0.2) is 13.8 Å². The molecule has 118 valence electrons. The maximum absolute atomic E-state index is 12.8. The highest BCUT2D eigenvalue weighted by Gasteiger charge is 2.35. The molecule has 0 fully saturated rings. The van der Waals surface area contributed by atoms with Crippen molar-refractivity contribution in [3.05, 3.63) is 23.0 Å². The molecule has 0 saturated carbocycles. The van der Waals surface area contributed by atoms with E-state index in [4.69, 9.17) is 11.6 Å². The molecular formula is C11H9ClF5NO3. The average molecular weight is 334 g/mol. The summed E-state index contributed by atoms with van der Waals surface area (Å²) in [6.07, 6.45) is -9.23. The number of carbonyl (C=O) groups is 1. The molecule has 0 radical (unpaired) electrons. The Morgan fingerprint density at radius 2 is 2.05 bits per heavy atom. The minimum absolute atomic E-state index is 0.111. The summed E-state index contributed by atoms with van der Waals surface area (Å²) >= 11 is 5.44. The van der Waals surface area contributed by atoms with Gasteiger partial charge in [0.1, 0.15) is 5.69 Å². The Labute approximate surface area is 120 Å². The van der Waals surface area contributed by atoms with Crippen LogP contribution >= 0.6 is 11.6 Å². The van der Waals surface area contributed by atoms with Crippen LogP contribution in [0.15, 0.2) is 6.07 Å². The first kappa shape index (κ1) is 17.4. The molecule has 4 nitrogen and oxygen atoms in total. The van der Waals surface area contributed by atoms with Crippen LogP contribution in [0.3, 0.4) is 0 Å². The molecule has 0 aliphatic heterocycles.